The predicted octanol–water partition coefficient (Wildman–Crippen LogP) is 2.89. The Labute approximate surface area is 187 Å². The Bertz CT molecular complexity index is 852. The first-order chi connectivity index (χ1) is 15.1. The molecule has 0 spiro atoms. The van der Waals surface area contributed by atoms with Crippen LogP contribution in [0.4, 0.5) is 0 Å². The summed E-state index contributed by atoms with van der Waals surface area (Å²) >= 11 is 6.46. The summed E-state index contributed by atoms with van der Waals surface area (Å²) in [5.74, 6) is 0.482. The minimum atomic E-state index is -0.849. The van der Waals surface area contributed by atoms with E-state index >= 15 is 0 Å². The maximum atomic E-state index is 10.7. The van der Waals surface area contributed by atoms with Crippen LogP contribution in [0, 0.1) is 5.92 Å². The zero-order chi connectivity index (χ0) is 21.8. The number of rotatable bonds is 7. The van der Waals surface area contributed by atoms with Crippen LogP contribution in [0.2, 0.25) is 5.02 Å². The van der Waals surface area contributed by atoms with Crippen molar-refractivity contribution in [2.24, 2.45) is 5.92 Å². The Kier molecular flexibility index (Phi) is 7.48. The average Bonchev–Trinajstić information content (AvgIpc) is 3.30. The molecule has 0 amide bonds. The Balaban J connectivity index is 1.48. The second-order valence-electron chi connectivity index (χ2n) is 8.31. The van der Waals surface area contributed by atoms with Crippen molar-refractivity contribution in [2.45, 2.75) is 43.7 Å². The highest BCUT2D eigenvalue weighted by Crippen LogP contribution is 2.36. The van der Waals surface area contributed by atoms with Gasteiger partial charge in [-0.15, -0.1) is 0 Å². The van der Waals surface area contributed by atoms with Crippen LogP contribution in [0.5, 0.6) is 5.75 Å². The van der Waals surface area contributed by atoms with E-state index in [1.165, 1.54) is 0 Å². The number of hydrogen-bond acceptors (Lipinski definition) is 6. The third kappa shape index (κ3) is 5.40. The molecule has 2 heterocycles. The molecule has 4 rings (SSSR count). The lowest BCUT2D eigenvalue weighted by Crippen LogP contribution is -2.42. The van der Waals surface area contributed by atoms with Crippen molar-refractivity contribution < 1.29 is 29.5 Å². The van der Waals surface area contributed by atoms with E-state index < -0.39 is 18.3 Å². The molecule has 2 aromatic carbocycles. The maximum Gasteiger partial charge on any atom is 0.124 e. The van der Waals surface area contributed by atoms with Crippen molar-refractivity contribution in [3.05, 3.63) is 64.2 Å². The summed E-state index contributed by atoms with van der Waals surface area (Å²) in [7, 11) is 0. The van der Waals surface area contributed by atoms with E-state index in [2.05, 4.69) is 0 Å². The molecule has 5 atom stereocenters. The lowest BCUT2D eigenvalue weighted by molar-refractivity contribution is -0.165. The normalized spacial score (nSPS) is 28.6. The van der Waals surface area contributed by atoms with E-state index in [-0.39, 0.29) is 25.2 Å². The van der Waals surface area contributed by atoms with Gasteiger partial charge in [0.1, 0.15) is 18.0 Å². The van der Waals surface area contributed by atoms with Gasteiger partial charge in [-0.1, -0.05) is 35.9 Å². The molecule has 7 heteroatoms. The van der Waals surface area contributed by atoms with Gasteiger partial charge in [0.25, 0.3) is 0 Å². The SMILES string of the molecule is OCC1CC(CO)[C@@H](O)[C@H](c2ccc(Cl)c(Cc3ccc(OC4CCOC4)cc3)c2)O1. The smallest absolute Gasteiger partial charge is 0.124 e. The first-order valence-electron chi connectivity index (χ1n) is 10.7. The van der Waals surface area contributed by atoms with Gasteiger partial charge in [-0.25, -0.2) is 0 Å². The van der Waals surface area contributed by atoms with Gasteiger partial charge in [0, 0.05) is 24.0 Å². The Morgan fingerprint density at radius 2 is 1.87 bits per heavy atom. The van der Waals surface area contributed by atoms with E-state index in [0.717, 1.165) is 35.5 Å². The number of aliphatic hydroxyl groups is 3. The molecular weight excluding hydrogens is 420 g/mol. The van der Waals surface area contributed by atoms with Crippen LogP contribution in [-0.4, -0.2) is 60.1 Å². The molecule has 0 bridgehead atoms. The van der Waals surface area contributed by atoms with Crippen molar-refractivity contribution in [3.8, 4) is 5.75 Å². The first-order valence-corrected chi connectivity index (χ1v) is 11.1. The van der Waals surface area contributed by atoms with Gasteiger partial charge in [-0.3, -0.25) is 0 Å². The maximum absolute atomic E-state index is 10.7. The highest BCUT2D eigenvalue weighted by Gasteiger charge is 2.38. The lowest BCUT2D eigenvalue weighted by Gasteiger charge is -2.38. The number of benzene rings is 2. The Morgan fingerprint density at radius 3 is 2.55 bits per heavy atom. The topological polar surface area (TPSA) is 88.4 Å². The molecule has 0 aromatic heterocycles. The van der Waals surface area contributed by atoms with Crippen molar-refractivity contribution in [1.82, 2.24) is 0 Å². The summed E-state index contributed by atoms with van der Waals surface area (Å²) < 4.78 is 17.2. The summed E-state index contributed by atoms with van der Waals surface area (Å²) in [5.41, 5.74) is 2.78. The molecule has 2 saturated heterocycles. The fourth-order valence-corrected chi connectivity index (χ4v) is 4.44. The highest BCUT2D eigenvalue weighted by molar-refractivity contribution is 6.31. The zero-order valence-electron chi connectivity index (χ0n) is 17.3. The van der Waals surface area contributed by atoms with E-state index in [1.54, 1.807) is 6.07 Å². The van der Waals surface area contributed by atoms with Gasteiger partial charge in [-0.05, 0) is 47.7 Å². The van der Waals surface area contributed by atoms with Crippen LogP contribution in [0.25, 0.3) is 0 Å². The van der Waals surface area contributed by atoms with Gasteiger partial charge in [0.05, 0.1) is 32.0 Å². The molecule has 6 nitrogen and oxygen atoms in total. The molecule has 0 aliphatic carbocycles. The Morgan fingerprint density at radius 1 is 1.06 bits per heavy atom. The number of hydrogen-bond donors (Lipinski definition) is 3. The largest absolute Gasteiger partial charge is 0.488 e. The molecule has 31 heavy (non-hydrogen) atoms. The summed E-state index contributed by atoms with van der Waals surface area (Å²) in [4.78, 5) is 0. The average molecular weight is 449 g/mol. The standard InChI is InChI=1S/C24H29ClO6/c25-22-6-3-16(24-23(28)18(12-26)11-21(13-27)31-24)10-17(22)9-15-1-4-19(5-2-15)30-20-7-8-29-14-20/h1-6,10,18,20-21,23-24,26-28H,7-9,11-14H2/t18?,20?,21?,23-,24+/m1/s1. The zero-order valence-corrected chi connectivity index (χ0v) is 18.1. The van der Waals surface area contributed by atoms with Gasteiger partial charge >= 0.3 is 0 Å². The van der Waals surface area contributed by atoms with Gasteiger partial charge < -0.3 is 29.5 Å². The van der Waals surface area contributed by atoms with Crippen LogP contribution in [-0.2, 0) is 15.9 Å². The Hall–Kier alpha value is -1.67. The molecule has 168 valence electrons. The van der Waals surface area contributed by atoms with Crippen molar-refractivity contribution in [1.29, 1.82) is 0 Å². The molecule has 2 aliphatic rings. The van der Waals surface area contributed by atoms with Crippen LogP contribution in [0.1, 0.15) is 35.6 Å². The summed E-state index contributed by atoms with van der Waals surface area (Å²) in [5, 5.41) is 30.4. The van der Waals surface area contributed by atoms with Gasteiger partial charge in [0.2, 0.25) is 0 Å². The fourth-order valence-electron chi connectivity index (χ4n) is 4.25. The second kappa shape index (κ2) is 10.3. The molecule has 2 aromatic rings. The number of aliphatic hydroxyl groups excluding tert-OH is 3. The molecule has 0 radical (unpaired) electrons. The number of ether oxygens (including phenoxy) is 3. The van der Waals surface area contributed by atoms with Crippen LogP contribution in [0.15, 0.2) is 42.5 Å². The van der Waals surface area contributed by atoms with E-state index in [9.17, 15) is 15.3 Å². The summed E-state index contributed by atoms with van der Waals surface area (Å²) in [6.07, 6.45) is 0.183. The van der Waals surface area contributed by atoms with Crippen molar-refractivity contribution in [2.75, 3.05) is 26.4 Å². The third-order valence-corrected chi connectivity index (χ3v) is 6.41. The molecular formula is C24H29ClO6. The van der Waals surface area contributed by atoms with Gasteiger partial charge in [0.15, 0.2) is 0 Å². The van der Waals surface area contributed by atoms with E-state index in [1.807, 2.05) is 36.4 Å². The molecule has 2 aliphatic heterocycles. The lowest BCUT2D eigenvalue weighted by atomic mass is 9.86. The van der Waals surface area contributed by atoms with Crippen molar-refractivity contribution in [3.63, 3.8) is 0 Å². The summed E-state index contributed by atoms with van der Waals surface area (Å²) in [6, 6.07) is 13.5. The van der Waals surface area contributed by atoms with Gasteiger partial charge in [-0.2, -0.15) is 0 Å². The first kappa shape index (κ1) is 22.5. The molecule has 3 unspecified atom stereocenters. The second-order valence-corrected chi connectivity index (χ2v) is 8.71. The highest BCUT2D eigenvalue weighted by atomic mass is 35.5. The van der Waals surface area contributed by atoms with Crippen LogP contribution < -0.4 is 4.74 Å². The fraction of sp³-hybridized carbons (Fsp3) is 0.500. The molecule has 2 fully saturated rings. The quantitative estimate of drug-likeness (QED) is 0.603. The van der Waals surface area contributed by atoms with E-state index in [0.29, 0.717) is 24.5 Å². The third-order valence-electron chi connectivity index (χ3n) is 6.04. The van der Waals surface area contributed by atoms with Crippen LogP contribution >= 0.6 is 11.6 Å². The number of halogens is 1. The van der Waals surface area contributed by atoms with Crippen LogP contribution in [0.3, 0.4) is 0 Å². The summed E-state index contributed by atoms with van der Waals surface area (Å²) in [6.45, 7) is 1.07. The van der Waals surface area contributed by atoms with E-state index in [4.69, 9.17) is 25.8 Å². The molecule has 0 saturated carbocycles. The van der Waals surface area contributed by atoms with Crippen molar-refractivity contribution >= 4 is 11.6 Å². The minimum absolute atomic E-state index is 0.115. The predicted molar refractivity (Wildman–Crippen MR) is 116 cm³/mol. The minimum Gasteiger partial charge on any atom is -0.488 e. The monoisotopic (exact) mass is 448 g/mol. The molecule has 3 N–H and O–H groups in total.